The molecule has 1 aromatic heterocycles. The summed E-state index contributed by atoms with van der Waals surface area (Å²) in [4.78, 5) is 12.1. The minimum Gasteiger partial charge on any atom is -0.345 e. The maximum atomic E-state index is 13.7. The molecule has 0 saturated heterocycles. The lowest BCUT2D eigenvalue weighted by molar-refractivity contribution is 0.0945. The molecule has 7 heteroatoms. The number of benzene rings is 2. The average molecular weight is 342 g/mol. The number of halogens is 1. The van der Waals surface area contributed by atoms with Crippen LogP contribution in [0.4, 0.5) is 4.39 Å². The highest BCUT2D eigenvalue weighted by atomic mass is 32.1. The largest absolute Gasteiger partial charge is 0.345 e. The summed E-state index contributed by atoms with van der Waals surface area (Å²) in [7, 11) is 0. The molecule has 24 heavy (non-hydrogen) atoms. The molecule has 0 unspecified atom stereocenters. The molecule has 2 N–H and O–H groups in total. The van der Waals surface area contributed by atoms with Crippen molar-refractivity contribution in [2.24, 2.45) is 0 Å². The van der Waals surface area contributed by atoms with Gasteiger partial charge in [-0.25, -0.2) is 4.39 Å². The van der Waals surface area contributed by atoms with Crippen molar-refractivity contribution in [2.45, 2.75) is 13.5 Å². The van der Waals surface area contributed by atoms with Crippen molar-refractivity contribution in [1.29, 1.82) is 0 Å². The lowest BCUT2D eigenvalue weighted by Gasteiger charge is -2.09. The number of hydrogen-bond donors (Lipinski definition) is 2. The third-order valence-electron chi connectivity index (χ3n) is 3.53. The van der Waals surface area contributed by atoms with Crippen molar-refractivity contribution in [1.82, 2.24) is 20.1 Å². The van der Waals surface area contributed by atoms with Gasteiger partial charge in [0.25, 0.3) is 5.91 Å². The van der Waals surface area contributed by atoms with Gasteiger partial charge < -0.3 is 5.32 Å². The Labute approximate surface area is 143 Å². The molecule has 0 atom stereocenters. The monoisotopic (exact) mass is 342 g/mol. The summed E-state index contributed by atoms with van der Waals surface area (Å²) in [5.41, 5.74) is 1.93. The van der Waals surface area contributed by atoms with Gasteiger partial charge in [0.2, 0.25) is 0 Å². The number of nitrogens with zero attached hydrogens (tertiary/aromatic N) is 2. The summed E-state index contributed by atoms with van der Waals surface area (Å²) < 4.78 is 15.8. The van der Waals surface area contributed by atoms with Crippen LogP contribution in [0.25, 0.3) is 5.69 Å². The number of amides is 1. The Kier molecular flexibility index (Phi) is 4.52. The van der Waals surface area contributed by atoms with Crippen LogP contribution in [0.1, 0.15) is 21.7 Å². The molecule has 1 amide bonds. The molecule has 3 aromatic rings. The van der Waals surface area contributed by atoms with E-state index in [1.54, 1.807) is 10.6 Å². The zero-order valence-electron chi connectivity index (χ0n) is 12.9. The number of aryl methyl sites for hydroxylation is 1. The van der Waals surface area contributed by atoms with Gasteiger partial charge in [-0.2, -0.15) is 5.10 Å². The fourth-order valence-electron chi connectivity index (χ4n) is 2.38. The van der Waals surface area contributed by atoms with Crippen LogP contribution in [0.5, 0.6) is 0 Å². The van der Waals surface area contributed by atoms with E-state index in [9.17, 15) is 9.18 Å². The summed E-state index contributed by atoms with van der Waals surface area (Å²) >= 11 is 5.26. The molecule has 3 rings (SSSR count). The average Bonchev–Trinajstić information content (AvgIpc) is 2.94. The molecule has 0 aliphatic carbocycles. The van der Waals surface area contributed by atoms with E-state index in [4.69, 9.17) is 12.2 Å². The van der Waals surface area contributed by atoms with Crippen molar-refractivity contribution in [3.63, 3.8) is 0 Å². The Bertz CT molecular complexity index is 948. The smallest absolute Gasteiger partial charge is 0.254 e. The third-order valence-corrected chi connectivity index (χ3v) is 3.80. The predicted molar refractivity (Wildman–Crippen MR) is 91.1 cm³/mol. The maximum absolute atomic E-state index is 13.7. The van der Waals surface area contributed by atoms with Gasteiger partial charge >= 0.3 is 0 Å². The number of aromatic amines is 1. The molecule has 2 aromatic carbocycles. The summed E-state index contributed by atoms with van der Waals surface area (Å²) in [6.07, 6.45) is 0. The van der Waals surface area contributed by atoms with Gasteiger partial charge in [0.15, 0.2) is 10.6 Å². The molecular formula is C17H15FN4OS. The van der Waals surface area contributed by atoms with Crippen LogP contribution in [0, 0.1) is 17.5 Å². The maximum Gasteiger partial charge on any atom is 0.254 e. The molecular weight excluding hydrogens is 327 g/mol. The summed E-state index contributed by atoms with van der Waals surface area (Å²) in [5, 5.41) is 9.53. The van der Waals surface area contributed by atoms with Gasteiger partial charge in [-0.05, 0) is 49.0 Å². The van der Waals surface area contributed by atoms with Crippen molar-refractivity contribution in [3.8, 4) is 5.69 Å². The van der Waals surface area contributed by atoms with Gasteiger partial charge in [-0.3, -0.25) is 14.5 Å². The van der Waals surface area contributed by atoms with E-state index >= 15 is 0 Å². The second-order valence-corrected chi connectivity index (χ2v) is 5.67. The van der Waals surface area contributed by atoms with Gasteiger partial charge in [0.1, 0.15) is 5.82 Å². The first-order chi connectivity index (χ1) is 11.6. The molecule has 5 nitrogen and oxygen atoms in total. The molecule has 0 aliphatic rings. The number of H-pyrrole nitrogens is 1. The minimum absolute atomic E-state index is 0.00580. The lowest BCUT2D eigenvalue weighted by atomic mass is 10.2. The van der Waals surface area contributed by atoms with Crippen LogP contribution in [-0.4, -0.2) is 20.7 Å². The highest BCUT2D eigenvalue weighted by molar-refractivity contribution is 7.71. The molecule has 122 valence electrons. The van der Waals surface area contributed by atoms with E-state index in [0.717, 1.165) is 11.3 Å². The fourth-order valence-corrected chi connectivity index (χ4v) is 2.64. The van der Waals surface area contributed by atoms with E-state index in [-0.39, 0.29) is 12.1 Å². The number of rotatable bonds is 4. The van der Waals surface area contributed by atoms with Crippen LogP contribution < -0.4 is 5.32 Å². The zero-order valence-corrected chi connectivity index (χ0v) is 13.7. The summed E-state index contributed by atoms with van der Waals surface area (Å²) in [5.74, 6) is -0.527. The molecule has 0 bridgehead atoms. The topological polar surface area (TPSA) is 62.7 Å². The fraction of sp³-hybridized carbons (Fsp3) is 0.118. The van der Waals surface area contributed by atoms with Crippen molar-refractivity contribution in [2.75, 3.05) is 0 Å². The highest BCUT2D eigenvalue weighted by Gasteiger charge is 2.13. The SMILES string of the molecule is Cc1cccc(-n2c(CNC(=O)c3ccccc3F)n[nH]c2=S)c1. The first-order valence-electron chi connectivity index (χ1n) is 7.32. The van der Waals surface area contributed by atoms with E-state index in [1.165, 1.54) is 18.2 Å². The highest BCUT2D eigenvalue weighted by Crippen LogP contribution is 2.13. The normalized spacial score (nSPS) is 10.6. The number of carbonyl (C=O) groups excluding carboxylic acids is 1. The Balaban J connectivity index is 1.84. The van der Waals surface area contributed by atoms with Crippen LogP contribution >= 0.6 is 12.2 Å². The predicted octanol–water partition coefficient (Wildman–Crippen LogP) is 3.31. The standard InChI is InChI=1S/C17H15FN4OS/c1-11-5-4-6-12(9-11)22-15(20-21-17(22)24)10-19-16(23)13-7-2-3-8-14(13)18/h2-9H,10H2,1H3,(H,19,23)(H,21,24). The zero-order chi connectivity index (χ0) is 17.1. The Morgan fingerprint density at radius 3 is 2.83 bits per heavy atom. The van der Waals surface area contributed by atoms with Crippen LogP contribution in [0.15, 0.2) is 48.5 Å². The van der Waals surface area contributed by atoms with E-state index in [1.807, 2.05) is 31.2 Å². The molecule has 0 saturated carbocycles. The molecule has 0 aliphatic heterocycles. The summed E-state index contributed by atoms with van der Waals surface area (Å²) in [6.45, 7) is 2.10. The van der Waals surface area contributed by atoms with Gasteiger partial charge in [-0.15, -0.1) is 0 Å². The van der Waals surface area contributed by atoms with Crippen molar-refractivity contribution < 1.29 is 9.18 Å². The molecule has 1 heterocycles. The van der Waals surface area contributed by atoms with Crippen LogP contribution in [-0.2, 0) is 6.54 Å². The third kappa shape index (κ3) is 3.26. The molecule has 0 fully saturated rings. The number of nitrogens with one attached hydrogen (secondary N) is 2. The Morgan fingerprint density at radius 1 is 1.29 bits per heavy atom. The van der Waals surface area contributed by atoms with Gasteiger partial charge in [0, 0.05) is 5.69 Å². The van der Waals surface area contributed by atoms with Crippen LogP contribution in [0.3, 0.4) is 0 Å². The van der Waals surface area contributed by atoms with Crippen molar-refractivity contribution >= 4 is 18.1 Å². The quantitative estimate of drug-likeness (QED) is 0.715. The molecule has 0 spiro atoms. The molecule has 0 radical (unpaired) electrons. The number of aromatic nitrogens is 3. The number of hydrogen-bond acceptors (Lipinski definition) is 3. The Morgan fingerprint density at radius 2 is 2.08 bits per heavy atom. The second-order valence-electron chi connectivity index (χ2n) is 5.28. The van der Waals surface area contributed by atoms with Gasteiger partial charge in [0.05, 0.1) is 12.1 Å². The van der Waals surface area contributed by atoms with E-state index in [2.05, 4.69) is 15.5 Å². The van der Waals surface area contributed by atoms with E-state index < -0.39 is 11.7 Å². The Hall–Kier alpha value is -2.80. The van der Waals surface area contributed by atoms with E-state index in [0.29, 0.717) is 10.6 Å². The summed E-state index contributed by atoms with van der Waals surface area (Å²) in [6, 6.07) is 13.6. The second kappa shape index (κ2) is 6.76. The number of carbonyl (C=O) groups is 1. The van der Waals surface area contributed by atoms with Crippen molar-refractivity contribution in [3.05, 3.63) is 76.1 Å². The minimum atomic E-state index is -0.562. The first-order valence-corrected chi connectivity index (χ1v) is 7.73. The first kappa shape index (κ1) is 16.1. The lowest BCUT2D eigenvalue weighted by Crippen LogP contribution is -2.25. The van der Waals surface area contributed by atoms with Gasteiger partial charge in [-0.1, -0.05) is 24.3 Å². The van der Waals surface area contributed by atoms with Crippen LogP contribution in [0.2, 0.25) is 0 Å².